The van der Waals surface area contributed by atoms with Crippen molar-refractivity contribution in [3.63, 3.8) is 0 Å². The number of aromatic nitrogens is 3. The van der Waals surface area contributed by atoms with Crippen LogP contribution in [0.25, 0.3) is 11.0 Å². The van der Waals surface area contributed by atoms with Crippen LogP contribution >= 0.6 is 0 Å². The first-order chi connectivity index (χ1) is 12.1. The van der Waals surface area contributed by atoms with E-state index in [2.05, 4.69) is 25.6 Å². The first-order valence-electron chi connectivity index (χ1n) is 8.34. The summed E-state index contributed by atoms with van der Waals surface area (Å²) in [5.74, 6) is 0.575. The summed E-state index contributed by atoms with van der Waals surface area (Å²) in [5.41, 5.74) is 2.72. The zero-order valence-corrected chi connectivity index (χ0v) is 13.8. The Kier molecular flexibility index (Phi) is 3.76. The second-order valence-corrected chi connectivity index (χ2v) is 6.43. The molecule has 1 fully saturated rings. The molecular formula is C18H19N5O2. The number of carbonyl (C=O) groups excluding carboxylic acids is 1. The van der Waals surface area contributed by atoms with Gasteiger partial charge in [-0.15, -0.1) is 0 Å². The molecule has 4 N–H and O–H groups in total. The number of anilines is 1. The maximum atomic E-state index is 12.5. The predicted molar refractivity (Wildman–Crippen MR) is 95.7 cm³/mol. The lowest BCUT2D eigenvalue weighted by molar-refractivity contribution is 0.0940. The van der Waals surface area contributed by atoms with Crippen LogP contribution in [0.1, 0.15) is 41.7 Å². The van der Waals surface area contributed by atoms with Gasteiger partial charge in [0.25, 0.3) is 5.91 Å². The molecule has 0 bridgehead atoms. The monoisotopic (exact) mass is 337 g/mol. The van der Waals surface area contributed by atoms with Crippen LogP contribution in [0.3, 0.4) is 0 Å². The number of hydrogen-bond donors (Lipinski definition) is 4. The van der Waals surface area contributed by atoms with Gasteiger partial charge in [0.05, 0.1) is 17.1 Å². The number of rotatable bonds is 5. The fourth-order valence-corrected chi connectivity index (χ4v) is 2.77. The van der Waals surface area contributed by atoms with Gasteiger partial charge in [-0.2, -0.15) is 0 Å². The summed E-state index contributed by atoms with van der Waals surface area (Å²) in [6.45, 7) is 1.91. The molecule has 7 nitrogen and oxygen atoms in total. The molecule has 2 heterocycles. The third kappa shape index (κ3) is 3.40. The van der Waals surface area contributed by atoms with Gasteiger partial charge in [0.2, 0.25) is 0 Å². The highest BCUT2D eigenvalue weighted by atomic mass is 16.2. The minimum Gasteiger partial charge on any atom is -0.367 e. The topological polar surface area (TPSA) is 103 Å². The molecule has 1 aromatic carbocycles. The van der Waals surface area contributed by atoms with Crippen LogP contribution < -0.4 is 16.3 Å². The van der Waals surface area contributed by atoms with E-state index in [1.54, 1.807) is 18.3 Å². The fourth-order valence-electron chi connectivity index (χ4n) is 2.77. The van der Waals surface area contributed by atoms with Crippen molar-refractivity contribution in [2.24, 2.45) is 0 Å². The first kappa shape index (κ1) is 15.4. The Morgan fingerprint density at radius 2 is 2.00 bits per heavy atom. The summed E-state index contributed by atoms with van der Waals surface area (Å²) in [7, 11) is 0. The summed E-state index contributed by atoms with van der Waals surface area (Å²) < 4.78 is 0. The number of nitrogens with zero attached hydrogens (tertiary/aromatic N) is 1. The summed E-state index contributed by atoms with van der Waals surface area (Å²) in [6, 6.07) is 9.35. The highest BCUT2D eigenvalue weighted by Crippen LogP contribution is 2.24. The van der Waals surface area contributed by atoms with Crippen molar-refractivity contribution in [3.05, 3.63) is 58.1 Å². The van der Waals surface area contributed by atoms with Crippen molar-refractivity contribution in [3.8, 4) is 0 Å². The summed E-state index contributed by atoms with van der Waals surface area (Å²) >= 11 is 0. The number of H-pyrrole nitrogens is 2. The van der Waals surface area contributed by atoms with Gasteiger partial charge in [0.15, 0.2) is 0 Å². The minimum atomic E-state index is -0.240. The zero-order valence-electron chi connectivity index (χ0n) is 13.8. The lowest BCUT2D eigenvalue weighted by Crippen LogP contribution is -2.26. The van der Waals surface area contributed by atoms with Gasteiger partial charge in [0, 0.05) is 17.8 Å². The Balaban J connectivity index is 1.49. The van der Waals surface area contributed by atoms with Gasteiger partial charge in [-0.3, -0.25) is 4.79 Å². The SMILES string of the molecule is C[C@H](NC(=O)c1ccnc(NC2CC2)c1)c1ccc2[nH]c(=O)[nH]c2c1. The average molecular weight is 337 g/mol. The molecule has 25 heavy (non-hydrogen) atoms. The molecule has 0 spiro atoms. The quantitative estimate of drug-likeness (QED) is 0.574. The molecule has 2 aromatic heterocycles. The summed E-state index contributed by atoms with van der Waals surface area (Å²) in [5, 5.41) is 6.27. The minimum absolute atomic E-state index is 0.156. The van der Waals surface area contributed by atoms with E-state index in [0.717, 1.165) is 35.3 Å². The summed E-state index contributed by atoms with van der Waals surface area (Å²) in [6.07, 6.45) is 3.94. The summed E-state index contributed by atoms with van der Waals surface area (Å²) in [4.78, 5) is 33.6. The smallest absolute Gasteiger partial charge is 0.323 e. The highest BCUT2D eigenvalue weighted by Gasteiger charge is 2.21. The van der Waals surface area contributed by atoms with Crippen molar-refractivity contribution in [2.45, 2.75) is 31.8 Å². The van der Waals surface area contributed by atoms with E-state index in [1.165, 1.54) is 0 Å². The van der Waals surface area contributed by atoms with Crippen LogP contribution in [0.5, 0.6) is 0 Å². The molecule has 0 unspecified atom stereocenters. The first-order valence-corrected chi connectivity index (χ1v) is 8.34. The van der Waals surface area contributed by atoms with Gasteiger partial charge in [-0.05, 0) is 49.6 Å². The average Bonchev–Trinajstić information content (AvgIpc) is 3.32. The number of amides is 1. The van der Waals surface area contributed by atoms with Crippen LogP contribution in [-0.4, -0.2) is 26.9 Å². The normalized spacial score (nSPS) is 15.1. The fraction of sp³-hybridized carbons (Fsp3) is 0.278. The zero-order chi connectivity index (χ0) is 17.4. The van der Waals surface area contributed by atoms with Gasteiger partial charge < -0.3 is 20.6 Å². The molecule has 0 saturated heterocycles. The van der Waals surface area contributed by atoms with E-state index >= 15 is 0 Å². The van der Waals surface area contributed by atoms with Crippen LogP contribution in [0.15, 0.2) is 41.3 Å². The van der Waals surface area contributed by atoms with Crippen LogP contribution in [0, 0.1) is 0 Å². The molecule has 1 saturated carbocycles. The lowest BCUT2D eigenvalue weighted by Gasteiger charge is -2.15. The highest BCUT2D eigenvalue weighted by molar-refractivity contribution is 5.95. The van der Waals surface area contributed by atoms with Gasteiger partial charge in [0.1, 0.15) is 5.82 Å². The van der Waals surface area contributed by atoms with Crippen molar-refractivity contribution >= 4 is 22.8 Å². The Morgan fingerprint density at radius 1 is 1.20 bits per heavy atom. The van der Waals surface area contributed by atoms with E-state index < -0.39 is 0 Å². The van der Waals surface area contributed by atoms with E-state index in [1.807, 2.05) is 25.1 Å². The van der Waals surface area contributed by atoms with Crippen molar-refractivity contribution in [1.82, 2.24) is 20.3 Å². The molecule has 1 aliphatic carbocycles. The molecule has 4 rings (SSSR count). The predicted octanol–water partition coefficient (Wildman–Crippen LogP) is 2.32. The third-order valence-electron chi connectivity index (χ3n) is 4.34. The molecule has 0 aliphatic heterocycles. The number of carbonyl (C=O) groups is 1. The van der Waals surface area contributed by atoms with E-state index in [9.17, 15) is 9.59 Å². The maximum Gasteiger partial charge on any atom is 0.323 e. The number of benzene rings is 1. The molecule has 128 valence electrons. The third-order valence-corrected chi connectivity index (χ3v) is 4.34. The maximum absolute atomic E-state index is 12.5. The van der Waals surface area contributed by atoms with E-state index in [4.69, 9.17) is 0 Å². The number of imidazole rings is 1. The number of pyridine rings is 1. The molecule has 1 aliphatic rings. The van der Waals surface area contributed by atoms with Crippen molar-refractivity contribution < 1.29 is 4.79 Å². The molecule has 7 heteroatoms. The second kappa shape index (κ2) is 6.08. The van der Waals surface area contributed by atoms with Gasteiger partial charge in [-0.1, -0.05) is 6.07 Å². The standard InChI is InChI=1S/C18H19N5O2/c1-10(11-2-5-14-15(8-11)23-18(25)22-14)20-17(24)12-6-7-19-16(9-12)21-13-3-4-13/h2,5-10,13H,3-4H2,1H3,(H,19,21)(H,20,24)(H2,22,23,25)/t10-/m0/s1. The Labute approximate surface area is 143 Å². The number of nitrogens with one attached hydrogen (secondary N) is 4. The molecular weight excluding hydrogens is 318 g/mol. The molecule has 0 radical (unpaired) electrons. The van der Waals surface area contributed by atoms with E-state index in [-0.39, 0.29) is 17.6 Å². The van der Waals surface area contributed by atoms with Gasteiger partial charge in [-0.25, -0.2) is 9.78 Å². The Bertz CT molecular complexity index is 986. The molecule has 3 aromatic rings. The van der Waals surface area contributed by atoms with Crippen LogP contribution in [0.4, 0.5) is 5.82 Å². The van der Waals surface area contributed by atoms with Crippen molar-refractivity contribution in [1.29, 1.82) is 0 Å². The van der Waals surface area contributed by atoms with Crippen LogP contribution in [-0.2, 0) is 0 Å². The molecule has 1 amide bonds. The lowest BCUT2D eigenvalue weighted by atomic mass is 10.1. The number of aromatic amines is 2. The number of fused-ring (bicyclic) bond motifs is 1. The van der Waals surface area contributed by atoms with Gasteiger partial charge >= 0.3 is 5.69 Å². The number of hydrogen-bond acceptors (Lipinski definition) is 4. The largest absolute Gasteiger partial charge is 0.367 e. The van der Waals surface area contributed by atoms with Crippen molar-refractivity contribution in [2.75, 3.05) is 5.32 Å². The van der Waals surface area contributed by atoms with Crippen LogP contribution in [0.2, 0.25) is 0 Å². The Morgan fingerprint density at radius 3 is 2.80 bits per heavy atom. The van der Waals surface area contributed by atoms with E-state index in [0.29, 0.717) is 11.6 Å². The Hall–Kier alpha value is -3.09. The second-order valence-electron chi connectivity index (χ2n) is 6.43. The molecule has 1 atom stereocenters.